The van der Waals surface area contributed by atoms with E-state index in [2.05, 4.69) is 12.2 Å². The van der Waals surface area contributed by atoms with Crippen LogP contribution in [0.1, 0.15) is 136 Å². The summed E-state index contributed by atoms with van der Waals surface area (Å²) in [6.45, 7) is 7.16. The molecule has 0 aliphatic carbocycles. The minimum atomic E-state index is -1.23. The molecule has 2 unspecified atom stereocenters. The lowest BCUT2D eigenvalue weighted by Gasteiger charge is -2.38. The molecular weight excluding hydrogens is 428 g/mol. The second-order valence-electron chi connectivity index (χ2n) is 10.2. The van der Waals surface area contributed by atoms with E-state index in [9.17, 15) is 4.79 Å². The molecule has 0 aromatic carbocycles. The molecule has 204 valence electrons. The van der Waals surface area contributed by atoms with Crippen molar-refractivity contribution in [2.45, 2.75) is 148 Å². The number of hydrogen-bond acceptors (Lipinski definition) is 5. The van der Waals surface area contributed by atoms with E-state index in [4.69, 9.17) is 20.7 Å². The lowest BCUT2D eigenvalue weighted by molar-refractivity contribution is -0.145. The Labute approximate surface area is 210 Å². The zero-order chi connectivity index (χ0) is 25.3. The highest BCUT2D eigenvalue weighted by Crippen LogP contribution is 2.27. The highest BCUT2D eigenvalue weighted by molar-refractivity contribution is 5.71. The first kappa shape index (κ1) is 33.3. The summed E-state index contributed by atoms with van der Waals surface area (Å²) in [5.41, 5.74) is 5.80. The zero-order valence-electron chi connectivity index (χ0n) is 22.6. The van der Waals surface area contributed by atoms with Crippen LogP contribution in [-0.4, -0.2) is 54.1 Å². The summed E-state index contributed by atoms with van der Waals surface area (Å²) >= 11 is 0. The third-order valence-electron chi connectivity index (χ3n) is 6.81. The number of nitrogens with two attached hydrogens (primary N) is 1. The molecular formula is C28H58N2O4. The van der Waals surface area contributed by atoms with Crippen LogP contribution in [0.4, 0.5) is 0 Å². The van der Waals surface area contributed by atoms with Crippen molar-refractivity contribution in [2.75, 3.05) is 26.2 Å². The largest absolute Gasteiger partial charge is 0.479 e. The summed E-state index contributed by atoms with van der Waals surface area (Å²) in [5.74, 6) is -1.19. The molecule has 1 saturated heterocycles. The van der Waals surface area contributed by atoms with E-state index < -0.39 is 12.1 Å². The highest BCUT2D eigenvalue weighted by atomic mass is 16.5. The SMILES string of the molecule is CC(O)C(=O)O.CCCCCCCCCCCCCCCCCCC1(CCCN)CNCCO1. The van der Waals surface area contributed by atoms with Gasteiger partial charge in [-0.05, 0) is 32.7 Å². The van der Waals surface area contributed by atoms with Gasteiger partial charge in [-0.3, -0.25) is 0 Å². The number of carbonyl (C=O) groups is 1. The average molecular weight is 487 g/mol. The number of unbranched alkanes of at least 4 members (excludes halogenated alkanes) is 15. The number of hydrogen-bond donors (Lipinski definition) is 4. The molecule has 5 N–H and O–H groups in total. The molecule has 1 aliphatic heterocycles. The summed E-state index contributed by atoms with van der Waals surface area (Å²) in [6, 6.07) is 0. The van der Waals surface area contributed by atoms with Crippen LogP contribution in [0, 0.1) is 0 Å². The summed E-state index contributed by atoms with van der Waals surface area (Å²) < 4.78 is 6.17. The number of nitrogens with one attached hydrogen (secondary N) is 1. The molecule has 0 amide bonds. The number of aliphatic hydroxyl groups excluding tert-OH is 1. The Morgan fingerprint density at radius 3 is 1.62 bits per heavy atom. The molecule has 34 heavy (non-hydrogen) atoms. The summed E-state index contributed by atoms with van der Waals surface area (Å²) in [6.07, 6.45) is 25.1. The Morgan fingerprint density at radius 1 is 0.853 bits per heavy atom. The number of ether oxygens (including phenoxy) is 1. The zero-order valence-corrected chi connectivity index (χ0v) is 22.6. The third-order valence-corrected chi connectivity index (χ3v) is 6.81. The maximum atomic E-state index is 9.45. The fourth-order valence-electron chi connectivity index (χ4n) is 4.57. The highest BCUT2D eigenvalue weighted by Gasteiger charge is 2.31. The van der Waals surface area contributed by atoms with Gasteiger partial charge in [0.05, 0.1) is 12.2 Å². The quantitative estimate of drug-likeness (QED) is 0.144. The molecule has 0 spiro atoms. The number of carboxylic acids is 1. The van der Waals surface area contributed by atoms with Crippen LogP contribution in [0.15, 0.2) is 0 Å². The Balaban J connectivity index is 0.00000160. The predicted molar refractivity (Wildman–Crippen MR) is 143 cm³/mol. The standard InChI is InChI=1S/C25H52N2O.C3H6O3/c1-2-3-4-5-6-7-8-9-10-11-12-13-14-15-16-17-19-25(20-18-21-26)24-27-22-23-28-25;1-2(4)3(5)6/h27H,2-24,26H2,1H3;2,4H,1H3,(H,5,6). The van der Waals surface area contributed by atoms with Gasteiger partial charge in [0.25, 0.3) is 0 Å². The molecule has 0 aromatic rings. The predicted octanol–water partition coefficient (Wildman–Crippen LogP) is 6.19. The molecule has 1 aliphatic rings. The molecule has 6 heteroatoms. The van der Waals surface area contributed by atoms with E-state index in [1.54, 1.807) is 0 Å². The monoisotopic (exact) mass is 486 g/mol. The number of rotatable bonds is 21. The summed E-state index contributed by atoms with van der Waals surface area (Å²) in [7, 11) is 0. The fraction of sp³-hybridized carbons (Fsp3) is 0.964. The van der Waals surface area contributed by atoms with E-state index >= 15 is 0 Å². The molecule has 1 heterocycles. The van der Waals surface area contributed by atoms with Gasteiger partial charge in [-0.2, -0.15) is 0 Å². The van der Waals surface area contributed by atoms with E-state index in [1.165, 1.54) is 116 Å². The Bertz CT molecular complexity index is 440. The molecule has 2 atom stereocenters. The molecule has 0 saturated carbocycles. The van der Waals surface area contributed by atoms with Crippen molar-refractivity contribution >= 4 is 5.97 Å². The van der Waals surface area contributed by atoms with Crippen molar-refractivity contribution in [1.29, 1.82) is 0 Å². The van der Waals surface area contributed by atoms with Crippen molar-refractivity contribution < 1.29 is 19.7 Å². The fourth-order valence-corrected chi connectivity index (χ4v) is 4.57. The van der Waals surface area contributed by atoms with Crippen molar-refractivity contribution in [3.63, 3.8) is 0 Å². The van der Waals surface area contributed by atoms with Gasteiger partial charge in [-0.15, -0.1) is 0 Å². The van der Waals surface area contributed by atoms with Gasteiger partial charge in [-0.25, -0.2) is 4.79 Å². The van der Waals surface area contributed by atoms with Crippen LogP contribution in [0.2, 0.25) is 0 Å². The van der Waals surface area contributed by atoms with Crippen LogP contribution in [0.3, 0.4) is 0 Å². The van der Waals surface area contributed by atoms with Crippen LogP contribution in [-0.2, 0) is 9.53 Å². The molecule has 0 radical (unpaired) electrons. The number of aliphatic hydroxyl groups is 1. The second kappa shape index (κ2) is 24.0. The number of morpholine rings is 1. The lowest BCUT2D eigenvalue weighted by atomic mass is 9.89. The second-order valence-corrected chi connectivity index (χ2v) is 10.2. The van der Waals surface area contributed by atoms with Gasteiger partial charge >= 0.3 is 5.97 Å². The Morgan fingerprint density at radius 2 is 1.26 bits per heavy atom. The van der Waals surface area contributed by atoms with Gasteiger partial charge in [-0.1, -0.05) is 110 Å². The normalized spacial score (nSPS) is 18.8. The first-order valence-electron chi connectivity index (χ1n) is 14.4. The van der Waals surface area contributed by atoms with Crippen molar-refractivity contribution in [3.05, 3.63) is 0 Å². The van der Waals surface area contributed by atoms with Gasteiger partial charge in [0, 0.05) is 13.1 Å². The molecule has 1 rings (SSSR count). The van der Waals surface area contributed by atoms with Crippen molar-refractivity contribution in [2.24, 2.45) is 5.73 Å². The summed E-state index contributed by atoms with van der Waals surface area (Å²) in [4.78, 5) is 9.45. The van der Waals surface area contributed by atoms with Crippen LogP contribution in [0.5, 0.6) is 0 Å². The van der Waals surface area contributed by atoms with Gasteiger partial charge in [0.1, 0.15) is 6.10 Å². The van der Waals surface area contributed by atoms with E-state index in [1.807, 2.05) is 0 Å². The minimum Gasteiger partial charge on any atom is -0.479 e. The van der Waals surface area contributed by atoms with E-state index in [0.29, 0.717) is 0 Å². The first-order valence-corrected chi connectivity index (χ1v) is 14.4. The topological polar surface area (TPSA) is 105 Å². The molecule has 6 nitrogen and oxygen atoms in total. The van der Waals surface area contributed by atoms with Crippen molar-refractivity contribution in [1.82, 2.24) is 5.32 Å². The lowest BCUT2D eigenvalue weighted by Crippen LogP contribution is -2.49. The summed E-state index contributed by atoms with van der Waals surface area (Å²) in [5, 5.41) is 19.3. The number of carboxylic acid groups (broad SMARTS) is 1. The van der Waals surface area contributed by atoms with E-state index in [0.717, 1.165) is 39.1 Å². The van der Waals surface area contributed by atoms with Crippen molar-refractivity contribution in [3.8, 4) is 0 Å². The van der Waals surface area contributed by atoms with Crippen LogP contribution in [0.25, 0.3) is 0 Å². The van der Waals surface area contributed by atoms with Gasteiger partial charge in [0.2, 0.25) is 0 Å². The van der Waals surface area contributed by atoms with Gasteiger partial charge < -0.3 is 26.0 Å². The third kappa shape index (κ3) is 20.7. The first-order chi connectivity index (χ1) is 16.5. The maximum Gasteiger partial charge on any atom is 0.332 e. The Kier molecular flexibility index (Phi) is 23.5. The Hall–Kier alpha value is -0.690. The molecule has 1 fully saturated rings. The smallest absolute Gasteiger partial charge is 0.332 e. The van der Waals surface area contributed by atoms with Crippen LogP contribution < -0.4 is 11.1 Å². The minimum absolute atomic E-state index is 0.0770. The van der Waals surface area contributed by atoms with Crippen LogP contribution >= 0.6 is 0 Å². The molecule has 0 bridgehead atoms. The average Bonchev–Trinajstić information content (AvgIpc) is 2.83. The number of aliphatic carboxylic acids is 1. The van der Waals surface area contributed by atoms with E-state index in [-0.39, 0.29) is 5.60 Å². The maximum absolute atomic E-state index is 9.45. The molecule has 0 aromatic heterocycles. The van der Waals surface area contributed by atoms with Gasteiger partial charge in [0.15, 0.2) is 0 Å².